The molecule has 4 rings (SSSR count). The summed E-state index contributed by atoms with van der Waals surface area (Å²) in [6.07, 6.45) is 1.72. The van der Waals surface area contributed by atoms with Crippen LogP contribution >= 0.6 is 11.6 Å². The van der Waals surface area contributed by atoms with Gasteiger partial charge in [0.1, 0.15) is 5.82 Å². The van der Waals surface area contributed by atoms with E-state index in [4.69, 9.17) is 11.6 Å². The minimum Gasteiger partial charge on any atom is -0.368 e. The molecule has 33 heavy (non-hydrogen) atoms. The Balaban J connectivity index is 1.20. The lowest BCUT2D eigenvalue weighted by atomic mass is 9.96. The van der Waals surface area contributed by atoms with Gasteiger partial charge in [0, 0.05) is 50.0 Å². The van der Waals surface area contributed by atoms with Crippen molar-refractivity contribution < 1.29 is 14.0 Å². The molecule has 0 saturated carbocycles. The van der Waals surface area contributed by atoms with Crippen molar-refractivity contribution in [2.75, 3.05) is 50.7 Å². The summed E-state index contributed by atoms with van der Waals surface area (Å²) in [7, 11) is 0. The molecule has 0 radical (unpaired) electrons. The Morgan fingerprint density at radius 2 is 1.79 bits per heavy atom. The lowest BCUT2D eigenvalue weighted by Crippen LogP contribution is -2.52. The van der Waals surface area contributed by atoms with E-state index >= 15 is 0 Å². The second-order valence-corrected chi connectivity index (χ2v) is 9.20. The maximum atomic E-state index is 13.5. The Hall–Kier alpha value is -2.64. The van der Waals surface area contributed by atoms with Crippen LogP contribution in [0.15, 0.2) is 48.5 Å². The average molecular weight is 473 g/mol. The third-order valence-corrected chi connectivity index (χ3v) is 6.66. The van der Waals surface area contributed by atoms with E-state index in [2.05, 4.69) is 15.1 Å². The van der Waals surface area contributed by atoms with Gasteiger partial charge in [-0.25, -0.2) is 4.39 Å². The van der Waals surface area contributed by atoms with Crippen LogP contribution in [0.25, 0.3) is 0 Å². The molecule has 0 aromatic heterocycles. The van der Waals surface area contributed by atoms with Crippen LogP contribution in [0.3, 0.4) is 0 Å². The number of nitrogens with one attached hydrogen (secondary N) is 1. The second kappa shape index (κ2) is 11.0. The Kier molecular flexibility index (Phi) is 7.83. The van der Waals surface area contributed by atoms with Crippen LogP contribution in [-0.4, -0.2) is 67.4 Å². The number of piperazine rings is 1. The summed E-state index contributed by atoms with van der Waals surface area (Å²) < 4.78 is 13.5. The molecule has 2 saturated heterocycles. The fourth-order valence-corrected chi connectivity index (χ4v) is 4.72. The smallest absolute Gasteiger partial charge is 0.242 e. The van der Waals surface area contributed by atoms with Gasteiger partial charge in [-0.15, -0.1) is 0 Å². The molecule has 2 fully saturated rings. The standard InChI is InChI=1S/C25H30ClFN4O2/c26-21-6-8-23(9-7-21)30-11-13-31(14-12-30)24(32)16-28-25(33)20-4-2-10-29(18-20)17-19-3-1-5-22(27)15-19/h1,3,5-9,15,20H,2,4,10-14,16-18H2,(H,28,33). The number of likely N-dealkylation sites (tertiary alicyclic amines) is 1. The van der Waals surface area contributed by atoms with E-state index in [0.29, 0.717) is 31.2 Å². The molecule has 2 heterocycles. The highest BCUT2D eigenvalue weighted by atomic mass is 35.5. The van der Waals surface area contributed by atoms with E-state index in [1.54, 1.807) is 6.07 Å². The number of carbonyl (C=O) groups excluding carboxylic acids is 2. The van der Waals surface area contributed by atoms with Gasteiger partial charge in [0.2, 0.25) is 11.8 Å². The molecule has 2 aliphatic heterocycles. The number of piperidine rings is 1. The summed E-state index contributed by atoms with van der Waals surface area (Å²) in [6, 6.07) is 14.3. The van der Waals surface area contributed by atoms with Crippen molar-refractivity contribution in [3.05, 3.63) is 64.9 Å². The highest BCUT2D eigenvalue weighted by Crippen LogP contribution is 2.20. The molecule has 2 aromatic carbocycles. The van der Waals surface area contributed by atoms with Gasteiger partial charge in [-0.1, -0.05) is 23.7 Å². The number of rotatable bonds is 6. The van der Waals surface area contributed by atoms with Crippen molar-refractivity contribution >= 4 is 29.1 Å². The van der Waals surface area contributed by atoms with Crippen LogP contribution in [0.1, 0.15) is 18.4 Å². The number of hydrogen-bond acceptors (Lipinski definition) is 4. The zero-order valence-corrected chi connectivity index (χ0v) is 19.4. The minimum absolute atomic E-state index is 0.0280. The number of carbonyl (C=O) groups is 2. The first kappa shape index (κ1) is 23.5. The summed E-state index contributed by atoms with van der Waals surface area (Å²) >= 11 is 5.96. The normalized spacial score (nSPS) is 19.4. The molecular formula is C25H30ClFN4O2. The fraction of sp³-hybridized carbons (Fsp3) is 0.440. The van der Waals surface area contributed by atoms with E-state index in [1.165, 1.54) is 12.1 Å². The SMILES string of the molecule is O=C(NCC(=O)N1CCN(c2ccc(Cl)cc2)CC1)C1CCCN(Cc2cccc(F)c2)C1. The number of benzene rings is 2. The highest BCUT2D eigenvalue weighted by molar-refractivity contribution is 6.30. The molecule has 8 heteroatoms. The molecule has 2 aromatic rings. The topological polar surface area (TPSA) is 55.9 Å². The fourth-order valence-electron chi connectivity index (χ4n) is 4.59. The van der Waals surface area contributed by atoms with Crippen LogP contribution in [0.5, 0.6) is 0 Å². The van der Waals surface area contributed by atoms with Gasteiger partial charge >= 0.3 is 0 Å². The van der Waals surface area contributed by atoms with E-state index in [1.807, 2.05) is 35.2 Å². The van der Waals surface area contributed by atoms with Crippen molar-refractivity contribution in [1.29, 1.82) is 0 Å². The zero-order chi connectivity index (χ0) is 23.2. The Morgan fingerprint density at radius 1 is 1.03 bits per heavy atom. The van der Waals surface area contributed by atoms with E-state index in [9.17, 15) is 14.0 Å². The van der Waals surface area contributed by atoms with Crippen molar-refractivity contribution in [2.24, 2.45) is 5.92 Å². The van der Waals surface area contributed by atoms with Crippen molar-refractivity contribution in [1.82, 2.24) is 15.1 Å². The molecule has 0 aliphatic carbocycles. The van der Waals surface area contributed by atoms with Crippen molar-refractivity contribution in [3.8, 4) is 0 Å². The van der Waals surface area contributed by atoms with E-state index < -0.39 is 0 Å². The highest BCUT2D eigenvalue weighted by Gasteiger charge is 2.27. The van der Waals surface area contributed by atoms with Gasteiger partial charge in [-0.05, 0) is 61.3 Å². The molecule has 0 spiro atoms. The molecule has 1 N–H and O–H groups in total. The molecule has 2 amide bonds. The molecule has 176 valence electrons. The monoisotopic (exact) mass is 472 g/mol. The largest absolute Gasteiger partial charge is 0.368 e. The molecule has 0 bridgehead atoms. The van der Waals surface area contributed by atoms with Crippen LogP contribution < -0.4 is 10.2 Å². The Labute approximate surface area is 199 Å². The number of halogens is 2. The van der Waals surface area contributed by atoms with Gasteiger partial charge < -0.3 is 15.1 Å². The van der Waals surface area contributed by atoms with E-state index in [0.717, 1.165) is 43.7 Å². The first-order valence-corrected chi connectivity index (χ1v) is 11.9. The second-order valence-electron chi connectivity index (χ2n) is 8.77. The first-order valence-electron chi connectivity index (χ1n) is 11.5. The molecule has 6 nitrogen and oxygen atoms in total. The summed E-state index contributed by atoms with van der Waals surface area (Å²) in [5.41, 5.74) is 2.00. The molecular weight excluding hydrogens is 443 g/mol. The third-order valence-electron chi connectivity index (χ3n) is 6.41. The van der Waals surface area contributed by atoms with Gasteiger partial charge in [-0.2, -0.15) is 0 Å². The summed E-state index contributed by atoms with van der Waals surface area (Å²) in [6.45, 7) is 4.91. The third kappa shape index (κ3) is 6.45. The lowest BCUT2D eigenvalue weighted by Gasteiger charge is -2.36. The minimum atomic E-state index is -0.244. The Morgan fingerprint density at radius 3 is 2.52 bits per heavy atom. The molecule has 1 unspecified atom stereocenters. The number of nitrogens with zero attached hydrogens (tertiary/aromatic N) is 3. The quantitative estimate of drug-likeness (QED) is 0.701. The van der Waals surface area contributed by atoms with Crippen molar-refractivity contribution in [3.63, 3.8) is 0 Å². The van der Waals surface area contributed by atoms with Crippen LogP contribution in [0, 0.1) is 11.7 Å². The predicted molar refractivity (Wildman–Crippen MR) is 128 cm³/mol. The predicted octanol–water partition coefficient (Wildman–Crippen LogP) is 3.16. The van der Waals surface area contributed by atoms with Crippen molar-refractivity contribution in [2.45, 2.75) is 19.4 Å². The molecule has 2 aliphatic rings. The van der Waals surface area contributed by atoms with Gasteiger partial charge in [0.25, 0.3) is 0 Å². The van der Waals surface area contributed by atoms with Gasteiger partial charge in [0.05, 0.1) is 12.5 Å². The Bertz CT molecular complexity index is 963. The van der Waals surface area contributed by atoms with Gasteiger partial charge in [0.15, 0.2) is 0 Å². The maximum Gasteiger partial charge on any atom is 0.242 e. The summed E-state index contributed by atoms with van der Waals surface area (Å²) in [4.78, 5) is 31.6. The summed E-state index contributed by atoms with van der Waals surface area (Å²) in [5.74, 6) is -0.521. The average Bonchev–Trinajstić information content (AvgIpc) is 2.83. The summed E-state index contributed by atoms with van der Waals surface area (Å²) in [5, 5.41) is 3.55. The lowest BCUT2D eigenvalue weighted by molar-refractivity contribution is -0.134. The maximum absolute atomic E-state index is 13.5. The number of amides is 2. The first-order chi connectivity index (χ1) is 16.0. The van der Waals surface area contributed by atoms with Crippen LogP contribution in [0.4, 0.5) is 10.1 Å². The zero-order valence-electron chi connectivity index (χ0n) is 18.7. The van der Waals surface area contributed by atoms with E-state index in [-0.39, 0.29) is 30.1 Å². The number of anilines is 1. The van der Waals surface area contributed by atoms with Gasteiger partial charge in [-0.3, -0.25) is 14.5 Å². The van der Waals surface area contributed by atoms with Crippen LogP contribution in [0.2, 0.25) is 5.02 Å². The molecule has 1 atom stereocenters. The number of hydrogen-bond donors (Lipinski definition) is 1. The van der Waals surface area contributed by atoms with Crippen LogP contribution in [-0.2, 0) is 16.1 Å².